The molecule has 0 aliphatic carbocycles. The van der Waals surface area contributed by atoms with E-state index in [9.17, 15) is 4.79 Å². The SMILES string of the molecule is CN(C)c1ccc(NC(=O)CN(C)c2ccc(Cl)cn2)nc1. The number of amides is 1. The fourth-order valence-electron chi connectivity index (χ4n) is 1.80. The van der Waals surface area contributed by atoms with Gasteiger partial charge in [-0.15, -0.1) is 0 Å². The van der Waals surface area contributed by atoms with Crippen molar-refractivity contribution in [3.63, 3.8) is 0 Å². The Morgan fingerprint density at radius 1 is 1.14 bits per heavy atom. The van der Waals surface area contributed by atoms with Crippen LogP contribution in [0.15, 0.2) is 36.7 Å². The van der Waals surface area contributed by atoms with Crippen LogP contribution in [0.1, 0.15) is 0 Å². The minimum Gasteiger partial charge on any atom is -0.376 e. The predicted molar refractivity (Wildman–Crippen MR) is 89.7 cm³/mol. The Labute approximate surface area is 134 Å². The lowest BCUT2D eigenvalue weighted by Gasteiger charge is -2.17. The molecule has 2 rings (SSSR count). The number of aromatic nitrogens is 2. The molecule has 0 fully saturated rings. The Hall–Kier alpha value is -2.34. The number of hydrogen-bond acceptors (Lipinski definition) is 5. The van der Waals surface area contributed by atoms with E-state index >= 15 is 0 Å². The summed E-state index contributed by atoms with van der Waals surface area (Å²) in [7, 11) is 5.66. The van der Waals surface area contributed by atoms with Gasteiger partial charge in [-0.3, -0.25) is 4.79 Å². The number of halogens is 1. The van der Waals surface area contributed by atoms with E-state index < -0.39 is 0 Å². The highest BCUT2D eigenvalue weighted by Crippen LogP contribution is 2.14. The van der Waals surface area contributed by atoms with Crippen LogP contribution in [0.5, 0.6) is 0 Å². The van der Waals surface area contributed by atoms with Gasteiger partial charge in [-0.1, -0.05) is 11.6 Å². The number of rotatable bonds is 5. The fraction of sp³-hybridized carbons (Fsp3) is 0.267. The van der Waals surface area contributed by atoms with Gasteiger partial charge in [-0.25, -0.2) is 9.97 Å². The van der Waals surface area contributed by atoms with Crippen molar-refractivity contribution in [3.8, 4) is 0 Å². The summed E-state index contributed by atoms with van der Waals surface area (Å²) in [5, 5.41) is 3.32. The van der Waals surface area contributed by atoms with Crippen LogP contribution in [-0.2, 0) is 4.79 Å². The van der Waals surface area contributed by atoms with Crippen LogP contribution >= 0.6 is 11.6 Å². The van der Waals surface area contributed by atoms with Crippen LogP contribution in [0.3, 0.4) is 0 Å². The molecule has 0 unspecified atom stereocenters. The van der Waals surface area contributed by atoms with Gasteiger partial charge in [0.15, 0.2) is 0 Å². The third kappa shape index (κ3) is 4.33. The largest absolute Gasteiger partial charge is 0.376 e. The van der Waals surface area contributed by atoms with E-state index in [4.69, 9.17) is 11.6 Å². The molecule has 2 aromatic heterocycles. The van der Waals surface area contributed by atoms with E-state index in [0.29, 0.717) is 16.7 Å². The Morgan fingerprint density at radius 3 is 2.45 bits per heavy atom. The third-order valence-electron chi connectivity index (χ3n) is 3.02. The molecule has 7 heteroatoms. The zero-order chi connectivity index (χ0) is 16.1. The van der Waals surface area contributed by atoms with Crippen molar-refractivity contribution in [1.29, 1.82) is 0 Å². The summed E-state index contributed by atoms with van der Waals surface area (Å²) in [6.45, 7) is 0.172. The first-order chi connectivity index (χ1) is 10.5. The van der Waals surface area contributed by atoms with Gasteiger partial charge in [-0.2, -0.15) is 0 Å². The Morgan fingerprint density at radius 2 is 1.91 bits per heavy atom. The summed E-state index contributed by atoms with van der Waals surface area (Å²) >= 11 is 5.79. The van der Waals surface area contributed by atoms with E-state index in [0.717, 1.165) is 5.69 Å². The predicted octanol–water partition coefficient (Wildman–Crippen LogP) is 2.27. The van der Waals surface area contributed by atoms with Crippen LogP contribution < -0.4 is 15.1 Å². The monoisotopic (exact) mass is 319 g/mol. The number of nitrogens with zero attached hydrogens (tertiary/aromatic N) is 4. The molecule has 0 saturated heterocycles. The maximum absolute atomic E-state index is 12.0. The third-order valence-corrected chi connectivity index (χ3v) is 3.24. The van der Waals surface area contributed by atoms with Gasteiger partial charge in [0.2, 0.25) is 5.91 Å². The molecule has 22 heavy (non-hydrogen) atoms. The number of carbonyl (C=O) groups excluding carboxylic acids is 1. The summed E-state index contributed by atoms with van der Waals surface area (Å²) < 4.78 is 0. The first kappa shape index (κ1) is 16.0. The normalized spacial score (nSPS) is 10.2. The molecule has 2 aromatic rings. The van der Waals surface area contributed by atoms with Crippen molar-refractivity contribution in [2.24, 2.45) is 0 Å². The van der Waals surface area contributed by atoms with E-state index in [1.807, 2.05) is 25.1 Å². The van der Waals surface area contributed by atoms with Gasteiger partial charge in [0.05, 0.1) is 23.5 Å². The molecule has 116 valence electrons. The molecule has 2 heterocycles. The molecular formula is C15H18ClN5O. The number of carbonyl (C=O) groups is 1. The van der Waals surface area contributed by atoms with Gasteiger partial charge in [-0.05, 0) is 24.3 Å². The van der Waals surface area contributed by atoms with Crippen LogP contribution in [0.4, 0.5) is 17.3 Å². The Bertz CT molecular complexity index is 627. The topological polar surface area (TPSA) is 61.4 Å². The molecule has 0 aliphatic rings. The first-order valence-electron chi connectivity index (χ1n) is 6.71. The van der Waals surface area contributed by atoms with Crippen molar-refractivity contribution in [2.45, 2.75) is 0 Å². The summed E-state index contributed by atoms with van der Waals surface area (Å²) in [5.74, 6) is 1.04. The average molecular weight is 320 g/mol. The summed E-state index contributed by atoms with van der Waals surface area (Å²) in [6, 6.07) is 7.17. The molecule has 0 aliphatic heterocycles. The van der Waals surface area contributed by atoms with Gasteiger partial charge < -0.3 is 15.1 Å². The maximum atomic E-state index is 12.0. The minimum atomic E-state index is -0.163. The number of anilines is 3. The molecule has 0 bridgehead atoms. The van der Waals surface area contributed by atoms with Crippen LogP contribution in [-0.4, -0.2) is 43.6 Å². The van der Waals surface area contributed by atoms with Gasteiger partial charge in [0.1, 0.15) is 11.6 Å². The zero-order valence-corrected chi connectivity index (χ0v) is 13.5. The summed E-state index contributed by atoms with van der Waals surface area (Å²) in [6.07, 6.45) is 3.26. The smallest absolute Gasteiger partial charge is 0.245 e. The Kier molecular flexibility index (Phi) is 5.16. The molecule has 6 nitrogen and oxygen atoms in total. The molecule has 0 atom stereocenters. The lowest BCUT2D eigenvalue weighted by atomic mass is 10.3. The molecule has 0 radical (unpaired) electrons. The number of likely N-dealkylation sites (N-methyl/N-ethyl adjacent to an activating group) is 1. The van der Waals surface area contributed by atoms with Gasteiger partial charge >= 0.3 is 0 Å². The zero-order valence-electron chi connectivity index (χ0n) is 12.7. The van der Waals surface area contributed by atoms with Gasteiger partial charge in [0.25, 0.3) is 0 Å². The quantitative estimate of drug-likeness (QED) is 0.916. The van der Waals surface area contributed by atoms with Crippen molar-refractivity contribution in [3.05, 3.63) is 41.7 Å². The van der Waals surface area contributed by atoms with Crippen molar-refractivity contribution >= 4 is 34.8 Å². The average Bonchev–Trinajstić information content (AvgIpc) is 2.48. The number of pyridine rings is 2. The number of hydrogen-bond donors (Lipinski definition) is 1. The molecule has 0 aromatic carbocycles. The number of nitrogens with one attached hydrogen (secondary N) is 1. The maximum Gasteiger partial charge on any atom is 0.245 e. The van der Waals surface area contributed by atoms with Crippen LogP contribution in [0, 0.1) is 0 Å². The van der Waals surface area contributed by atoms with Crippen LogP contribution in [0.2, 0.25) is 5.02 Å². The van der Waals surface area contributed by atoms with Crippen molar-refractivity contribution in [1.82, 2.24) is 9.97 Å². The lowest BCUT2D eigenvalue weighted by Crippen LogP contribution is -2.30. The standard InChI is InChI=1S/C15H18ClN5O/c1-20(2)12-5-6-13(17-9-12)19-15(22)10-21(3)14-7-4-11(16)8-18-14/h4-9H,10H2,1-3H3,(H,17,19,22). The fourth-order valence-corrected chi connectivity index (χ4v) is 1.91. The highest BCUT2D eigenvalue weighted by atomic mass is 35.5. The molecule has 1 N–H and O–H groups in total. The van der Waals surface area contributed by atoms with Crippen molar-refractivity contribution < 1.29 is 4.79 Å². The van der Waals surface area contributed by atoms with Crippen molar-refractivity contribution in [2.75, 3.05) is 42.8 Å². The molecule has 1 amide bonds. The summed E-state index contributed by atoms with van der Waals surface area (Å²) in [5.41, 5.74) is 0.973. The van der Waals surface area contributed by atoms with E-state index in [2.05, 4.69) is 15.3 Å². The highest BCUT2D eigenvalue weighted by molar-refractivity contribution is 6.30. The highest BCUT2D eigenvalue weighted by Gasteiger charge is 2.09. The lowest BCUT2D eigenvalue weighted by molar-refractivity contribution is -0.114. The minimum absolute atomic E-state index is 0.163. The van der Waals surface area contributed by atoms with E-state index in [-0.39, 0.29) is 12.5 Å². The second-order valence-corrected chi connectivity index (χ2v) is 5.47. The molecule has 0 spiro atoms. The van der Waals surface area contributed by atoms with E-state index in [1.54, 1.807) is 42.5 Å². The molecular weight excluding hydrogens is 302 g/mol. The molecule has 0 saturated carbocycles. The second kappa shape index (κ2) is 7.09. The Balaban J connectivity index is 1.93. The second-order valence-electron chi connectivity index (χ2n) is 5.03. The van der Waals surface area contributed by atoms with Crippen LogP contribution in [0.25, 0.3) is 0 Å². The first-order valence-corrected chi connectivity index (χ1v) is 7.09. The van der Waals surface area contributed by atoms with Gasteiger partial charge in [0, 0.05) is 27.3 Å². The summed E-state index contributed by atoms with van der Waals surface area (Å²) in [4.78, 5) is 24.1. The van der Waals surface area contributed by atoms with E-state index in [1.165, 1.54) is 0 Å².